The maximum absolute atomic E-state index is 12.8. The summed E-state index contributed by atoms with van der Waals surface area (Å²) in [4.78, 5) is 19.5. The predicted molar refractivity (Wildman–Crippen MR) is 103 cm³/mol. The summed E-state index contributed by atoms with van der Waals surface area (Å²) < 4.78 is 1.75. The molecule has 0 bridgehead atoms. The van der Waals surface area contributed by atoms with Gasteiger partial charge in [0.1, 0.15) is 9.84 Å². The Kier molecular flexibility index (Phi) is 5.21. The minimum Gasteiger partial charge on any atom is -0.360 e. The number of aromatic nitrogens is 4. The molecule has 0 amide bonds. The van der Waals surface area contributed by atoms with E-state index in [0.717, 1.165) is 42.5 Å². The van der Waals surface area contributed by atoms with Gasteiger partial charge in [-0.1, -0.05) is 23.1 Å². The molecule has 3 aromatic rings. The zero-order valence-electron chi connectivity index (χ0n) is 14.0. The number of nitrogens with one attached hydrogen (secondary N) is 1. The van der Waals surface area contributed by atoms with Crippen LogP contribution in [0.25, 0.3) is 10.2 Å². The van der Waals surface area contributed by atoms with Gasteiger partial charge in [0.05, 0.1) is 11.1 Å². The molecule has 9 heteroatoms. The molecule has 3 rings (SSSR count). The molecular weight excluding hydrogens is 362 g/mol. The molecule has 0 aromatic carbocycles. The van der Waals surface area contributed by atoms with E-state index in [1.54, 1.807) is 15.9 Å². The standard InChI is InChI=1S/C15H19N5OS3/c1-5-16-14-19-18-10(24-14)7-22-15-17-12-11(8(3)9(4)23-12)13(21)20(15)6-2/h5-7H2,1-4H3,(H,16,19). The van der Waals surface area contributed by atoms with Gasteiger partial charge in [-0.15, -0.1) is 21.5 Å². The number of thioether (sulfide) groups is 1. The highest BCUT2D eigenvalue weighted by Gasteiger charge is 2.16. The summed E-state index contributed by atoms with van der Waals surface area (Å²) in [5.74, 6) is 0.657. The SMILES string of the molecule is CCNc1nnc(CSc2nc3sc(C)c(C)c3c(=O)n2CC)s1. The van der Waals surface area contributed by atoms with Gasteiger partial charge in [-0.05, 0) is 33.3 Å². The van der Waals surface area contributed by atoms with Crippen molar-refractivity contribution in [3.05, 3.63) is 25.8 Å². The summed E-state index contributed by atoms with van der Waals surface area (Å²) in [7, 11) is 0. The van der Waals surface area contributed by atoms with Crippen molar-refractivity contribution in [3.8, 4) is 0 Å². The van der Waals surface area contributed by atoms with Crippen LogP contribution in [0.3, 0.4) is 0 Å². The monoisotopic (exact) mass is 381 g/mol. The number of hydrogen-bond acceptors (Lipinski definition) is 8. The second-order valence-electron chi connectivity index (χ2n) is 5.23. The number of aryl methyl sites for hydroxylation is 2. The van der Waals surface area contributed by atoms with Crippen LogP contribution in [-0.2, 0) is 12.3 Å². The van der Waals surface area contributed by atoms with E-state index in [4.69, 9.17) is 4.98 Å². The Bertz CT molecular complexity index is 927. The Morgan fingerprint density at radius 2 is 2.00 bits per heavy atom. The summed E-state index contributed by atoms with van der Waals surface area (Å²) in [5.41, 5.74) is 1.10. The molecule has 3 heterocycles. The van der Waals surface area contributed by atoms with Crippen LogP contribution in [-0.4, -0.2) is 26.3 Å². The lowest BCUT2D eigenvalue weighted by Crippen LogP contribution is -2.22. The molecule has 0 atom stereocenters. The quantitative estimate of drug-likeness (QED) is 0.519. The van der Waals surface area contributed by atoms with Gasteiger partial charge in [-0.25, -0.2) is 4.98 Å². The van der Waals surface area contributed by atoms with E-state index in [9.17, 15) is 4.79 Å². The van der Waals surface area contributed by atoms with Gasteiger partial charge in [0.15, 0.2) is 5.16 Å². The number of thiophene rings is 1. The Hall–Kier alpha value is -1.45. The highest BCUT2D eigenvalue weighted by atomic mass is 32.2. The van der Waals surface area contributed by atoms with Crippen molar-refractivity contribution in [2.45, 2.75) is 45.1 Å². The average molecular weight is 382 g/mol. The Labute approximate surface area is 152 Å². The maximum Gasteiger partial charge on any atom is 0.263 e. The zero-order chi connectivity index (χ0) is 17.3. The summed E-state index contributed by atoms with van der Waals surface area (Å²) in [5, 5.41) is 14.7. The first-order chi connectivity index (χ1) is 11.5. The molecule has 0 aliphatic carbocycles. The Morgan fingerprint density at radius 1 is 1.21 bits per heavy atom. The average Bonchev–Trinajstić information content (AvgIpc) is 3.11. The Balaban J connectivity index is 1.92. The van der Waals surface area contributed by atoms with Crippen LogP contribution < -0.4 is 10.9 Å². The fraction of sp³-hybridized carbons (Fsp3) is 0.467. The lowest BCUT2D eigenvalue weighted by molar-refractivity contribution is 0.635. The highest BCUT2D eigenvalue weighted by Crippen LogP contribution is 2.30. The van der Waals surface area contributed by atoms with Gasteiger partial charge >= 0.3 is 0 Å². The molecule has 0 spiro atoms. The third-order valence-corrected chi connectivity index (χ3v) is 6.84. The number of fused-ring (bicyclic) bond motifs is 1. The molecule has 0 aliphatic heterocycles. The van der Waals surface area contributed by atoms with E-state index in [1.807, 2.05) is 27.7 Å². The fourth-order valence-corrected chi connectivity index (χ4v) is 5.29. The lowest BCUT2D eigenvalue weighted by Gasteiger charge is -2.09. The first-order valence-electron chi connectivity index (χ1n) is 7.74. The van der Waals surface area contributed by atoms with Gasteiger partial charge in [0.2, 0.25) is 5.13 Å². The number of nitrogens with zero attached hydrogens (tertiary/aromatic N) is 4. The van der Waals surface area contributed by atoms with E-state index >= 15 is 0 Å². The van der Waals surface area contributed by atoms with E-state index in [1.165, 1.54) is 23.1 Å². The number of rotatable bonds is 6. The van der Waals surface area contributed by atoms with Crippen molar-refractivity contribution < 1.29 is 0 Å². The van der Waals surface area contributed by atoms with Gasteiger partial charge < -0.3 is 5.32 Å². The molecule has 0 aliphatic rings. The molecule has 0 fully saturated rings. The van der Waals surface area contributed by atoms with Crippen molar-refractivity contribution in [2.24, 2.45) is 0 Å². The second-order valence-corrected chi connectivity index (χ2v) is 8.43. The van der Waals surface area contributed by atoms with Crippen LogP contribution in [0.15, 0.2) is 9.95 Å². The first-order valence-corrected chi connectivity index (χ1v) is 10.4. The smallest absolute Gasteiger partial charge is 0.263 e. The molecule has 128 valence electrons. The van der Waals surface area contributed by atoms with Crippen molar-refractivity contribution in [3.63, 3.8) is 0 Å². The molecule has 0 saturated carbocycles. The third-order valence-electron chi connectivity index (χ3n) is 3.69. The molecule has 6 nitrogen and oxygen atoms in total. The summed E-state index contributed by atoms with van der Waals surface area (Å²) in [6, 6.07) is 0. The molecule has 1 N–H and O–H groups in total. The fourth-order valence-electron chi connectivity index (χ4n) is 2.36. The van der Waals surface area contributed by atoms with Crippen molar-refractivity contribution >= 4 is 49.8 Å². The van der Waals surface area contributed by atoms with Crippen LogP contribution in [0.1, 0.15) is 29.3 Å². The van der Waals surface area contributed by atoms with Crippen LogP contribution >= 0.6 is 34.4 Å². The number of anilines is 1. The van der Waals surface area contributed by atoms with E-state index in [2.05, 4.69) is 15.5 Å². The van der Waals surface area contributed by atoms with Crippen molar-refractivity contribution in [1.82, 2.24) is 19.7 Å². The topological polar surface area (TPSA) is 72.7 Å². The molecule has 0 unspecified atom stereocenters. The molecular formula is C15H19N5OS3. The second kappa shape index (κ2) is 7.20. The molecule has 0 saturated heterocycles. The van der Waals surface area contributed by atoms with Gasteiger partial charge in [-0.3, -0.25) is 9.36 Å². The molecule has 0 radical (unpaired) electrons. The predicted octanol–water partition coefficient (Wildman–Crippen LogP) is 3.67. The van der Waals surface area contributed by atoms with Gasteiger partial charge in [0, 0.05) is 18.0 Å². The molecule has 24 heavy (non-hydrogen) atoms. The zero-order valence-corrected chi connectivity index (χ0v) is 16.5. The molecule has 3 aromatic heterocycles. The summed E-state index contributed by atoms with van der Waals surface area (Å²) in [6.07, 6.45) is 0. The minimum absolute atomic E-state index is 0.0532. The van der Waals surface area contributed by atoms with Crippen LogP contribution in [0.5, 0.6) is 0 Å². The minimum atomic E-state index is 0.0532. The summed E-state index contributed by atoms with van der Waals surface area (Å²) in [6.45, 7) is 9.46. The van der Waals surface area contributed by atoms with Gasteiger partial charge in [0.25, 0.3) is 5.56 Å². The largest absolute Gasteiger partial charge is 0.360 e. The first kappa shape index (κ1) is 17.4. The lowest BCUT2D eigenvalue weighted by atomic mass is 10.2. The van der Waals surface area contributed by atoms with Gasteiger partial charge in [-0.2, -0.15) is 0 Å². The summed E-state index contributed by atoms with van der Waals surface area (Å²) >= 11 is 4.66. The van der Waals surface area contributed by atoms with Crippen molar-refractivity contribution in [2.75, 3.05) is 11.9 Å². The van der Waals surface area contributed by atoms with Crippen LogP contribution in [0.4, 0.5) is 5.13 Å². The normalized spacial score (nSPS) is 11.3. The van der Waals surface area contributed by atoms with E-state index < -0.39 is 0 Å². The Morgan fingerprint density at radius 3 is 2.71 bits per heavy atom. The third kappa shape index (κ3) is 3.20. The number of hydrogen-bond donors (Lipinski definition) is 1. The van der Waals surface area contributed by atoms with Crippen LogP contribution in [0, 0.1) is 13.8 Å². The van der Waals surface area contributed by atoms with Crippen molar-refractivity contribution in [1.29, 1.82) is 0 Å². The highest BCUT2D eigenvalue weighted by molar-refractivity contribution is 7.98. The van der Waals surface area contributed by atoms with Crippen LogP contribution in [0.2, 0.25) is 0 Å². The van der Waals surface area contributed by atoms with E-state index in [0.29, 0.717) is 12.3 Å². The van der Waals surface area contributed by atoms with E-state index in [-0.39, 0.29) is 5.56 Å². The maximum atomic E-state index is 12.8.